The van der Waals surface area contributed by atoms with E-state index in [0.717, 1.165) is 12.3 Å². The highest BCUT2D eigenvalue weighted by Crippen LogP contribution is 2.35. The maximum atomic E-state index is 14.7. The fourth-order valence-electron chi connectivity index (χ4n) is 3.38. The molecule has 29 heavy (non-hydrogen) atoms. The lowest BCUT2D eigenvalue weighted by molar-refractivity contribution is 0.102. The van der Waals surface area contributed by atoms with Crippen molar-refractivity contribution in [2.75, 3.05) is 5.32 Å². The van der Waals surface area contributed by atoms with E-state index in [9.17, 15) is 18.0 Å². The SMILES string of the molecule is C[C@@]1(c2cc(NC(=O)c3ccc(F)cn3)ccc2F)Cn2cc(F)cc2C(N)=N1. The molecule has 0 radical (unpaired) electrons. The summed E-state index contributed by atoms with van der Waals surface area (Å²) in [4.78, 5) is 20.4. The molecule has 0 saturated heterocycles. The summed E-state index contributed by atoms with van der Waals surface area (Å²) in [6.07, 6.45) is 2.21. The van der Waals surface area contributed by atoms with Crippen LogP contribution in [0.2, 0.25) is 0 Å². The van der Waals surface area contributed by atoms with Gasteiger partial charge in [-0.15, -0.1) is 0 Å². The summed E-state index contributed by atoms with van der Waals surface area (Å²) in [5.74, 6) is -2.05. The summed E-state index contributed by atoms with van der Waals surface area (Å²) >= 11 is 0. The van der Waals surface area contributed by atoms with E-state index >= 15 is 0 Å². The number of pyridine rings is 1. The number of rotatable bonds is 3. The van der Waals surface area contributed by atoms with Crippen molar-refractivity contribution in [3.63, 3.8) is 0 Å². The minimum absolute atomic E-state index is 0.0101. The van der Waals surface area contributed by atoms with E-state index in [1.807, 2.05) is 0 Å². The fourth-order valence-corrected chi connectivity index (χ4v) is 3.38. The minimum Gasteiger partial charge on any atom is -0.382 e. The molecule has 3 heterocycles. The van der Waals surface area contributed by atoms with Crippen LogP contribution in [-0.4, -0.2) is 21.3 Å². The minimum atomic E-state index is -1.11. The van der Waals surface area contributed by atoms with Crippen LogP contribution in [0, 0.1) is 17.5 Å². The summed E-state index contributed by atoms with van der Waals surface area (Å²) in [6, 6.07) is 7.66. The Balaban J connectivity index is 1.66. The number of nitrogens with two attached hydrogens (primary N) is 1. The number of hydrogen-bond acceptors (Lipinski definition) is 4. The molecule has 3 N–H and O–H groups in total. The second-order valence-corrected chi connectivity index (χ2v) is 6.95. The van der Waals surface area contributed by atoms with E-state index in [0.29, 0.717) is 11.4 Å². The molecule has 0 fully saturated rings. The van der Waals surface area contributed by atoms with Crippen LogP contribution >= 0.6 is 0 Å². The molecule has 1 aliphatic heterocycles. The number of aliphatic imine (C=N–C) groups is 1. The molecular formula is C20H16F3N5O. The fraction of sp³-hybridized carbons (Fsp3) is 0.150. The molecule has 4 rings (SSSR count). The highest BCUT2D eigenvalue weighted by molar-refractivity contribution is 6.02. The van der Waals surface area contributed by atoms with Crippen LogP contribution in [0.15, 0.2) is 53.8 Å². The third-order valence-electron chi connectivity index (χ3n) is 4.74. The van der Waals surface area contributed by atoms with Crippen LogP contribution in [-0.2, 0) is 12.1 Å². The zero-order valence-electron chi connectivity index (χ0n) is 15.3. The normalized spacial score (nSPS) is 18.1. The molecular weight excluding hydrogens is 383 g/mol. The summed E-state index contributed by atoms with van der Waals surface area (Å²) in [6.45, 7) is 1.84. The van der Waals surface area contributed by atoms with Gasteiger partial charge in [0.25, 0.3) is 5.91 Å². The number of amides is 1. The first-order valence-corrected chi connectivity index (χ1v) is 8.69. The Morgan fingerprint density at radius 2 is 1.97 bits per heavy atom. The van der Waals surface area contributed by atoms with Crippen molar-refractivity contribution < 1.29 is 18.0 Å². The first-order valence-electron chi connectivity index (χ1n) is 8.69. The van der Waals surface area contributed by atoms with E-state index in [4.69, 9.17) is 5.73 Å². The number of nitrogens with zero attached hydrogens (tertiary/aromatic N) is 3. The molecule has 0 saturated carbocycles. The van der Waals surface area contributed by atoms with E-state index in [1.54, 1.807) is 11.5 Å². The third-order valence-corrected chi connectivity index (χ3v) is 4.74. The van der Waals surface area contributed by atoms with Gasteiger partial charge in [-0.25, -0.2) is 18.2 Å². The molecule has 1 aromatic carbocycles. The van der Waals surface area contributed by atoms with Gasteiger partial charge in [0.15, 0.2) is 0 Å². The molecule has 6 nitrogen and oxygen atoms in total. The molecule has 0 bridgehead atoms. The number of hydrogen-bond donors (Lipinski definition) is 2. The van der Waals surface area contributed by atoms with Crippen LogP contribution in [0.4, 0.5) is 18.9 Å². The standard InChI is InChI=1S/C20H16F3N5O/c1-20(10-28-9-12(22)6-17(28)18(24)27-20)14-7-13(3-4-15(14)23)26-19(29)16-5-2-11(21)8-25-16/h2-9H,10H2,1H3,(H2,24,27)(H,26,29)/t20-/m0/s1. The Morgan fingerprint density at radius 3 is 2.69 bits per heavy atom. The van der Waals surface area contributed by atoms with Gasteiger partial charge in [-0.3, -0.25) is 9.79 Å². The smallest absolute Gasteiger partial charge is 0.274 e. The molecule has 148 valence electrons. The molecule has 1 aliphatic rings. The zero-order valence-corrected chi connectivity index (χ0v) is 15.3. The average molecular weight is 399 g/mol. The third kappa shape index (κ3) is 3.46. The van der Waals surface area contributed by atoms with Crippen LogP contribution in [0.3, 0.4) is 0 Å². The first-order chi connectivity index (χ1) is 13.7. The van der Waals surface area contributed by atoms with E-state index in [2.05, 4.69) is 15.3 Å². The van der Waals surface area contributed by atoms with Gasteiger partial charge in [-0.05, 0) is 37.3 Å². The number of aromatic nitrogens is 2. The van der Waals surface area contributed by atoms with E-state index in [1.165, 1.54) is 36.5 Å². The Morgan fingerprint density at radius 1 is 1.17 bits per heavy atom. The molecule has 1 amide bonds. The van der Waals surface area contributed by atoms with Crippen molar-refractivity contribution in [2.45, 2.75) is 19.0 Å². The lowest BCUT2D eigenvalue weighted by atomic mass is 9.90. The number of benzene rings is 1. The van der Waals surface area contributed by atoms with Gasteiger partial charge in [0.2, 0.25) is 0 Å². The van der Waals surface area contributed by atoms with Crippen LogP contribution < -0.4 is 11.1 Å². The van der Waals surface area contributed by atoms with Crippen molar-refractivity contribution in [2.24, 2.45) is 10.7 Å². The van der Waals surface area contributed by atoms with Crippen molar-refractivity contribution in [1.29, 1.82) is 0 Å². The Hall–Kier alpha value is -3.62. The van der Waals surface area contributed by atoms with Gasteiger partial charge < -0.3 is 15.6 Å². The number of carbonyl (C=O) groups excluding carboxylic acids is 1. The molecule has 0 aliphatic carbocycles. The molecule has 1 atom stereocenters. The highest BCUT2D eigenvalue weighted by Gasteiger charge is 2.35. The van der Waals surface area contributed by atoms with Crippen LogP contribution in [0.5, 0.6) is 0 Å². The quantitative estimate of drug-likeness (QED) is 0.709. The second-order valence-electron chi connectivity index (χ2n) is 6.95. The van der Waals surface area contributed by atoms with Gasteiger partial charge in [0.1, 0.15) is 34.5 Å². The van der Waals surface area contributed by atoms with Crippen LogP contribution in [0.25, 0.3) is 0 Å². The number of halogens is 3. The van der Waals surface area contributed by atoms with Gasteiger partial charge >= 0.3 is 0 Å². The zero-order chi connectivity index (χ0) is 20.8. The lowest BCUT2D eigenvalue weighted by Gasteiger charge is -2.32. The second kappa shape index (κ2) is 6.77. The Kier molecular flexibility index (Phi) is 4.37. The predicted octanol–water partition coefficient (Wildman–Crippen LogP) is 3.19. The van der Waals surface area contributed by atoms with Crippen molar-refractivity contribution in [3.8, 4) is 0 Å². The van der Waals surface area contributed by atoms with E-state index < -0.39 is 28.9 Å². The number of fused-ring (bicyclic) bond motifs is 1. The first kappa shape index (κ1) is 18.7. The summed E-state index contributed by atoms with van der Waals surface area (Å²) < 4.78 is 42.8. The topological polar surface area (TPSA) is 85.3 Å². The van der Waals surface area contributed by atoms with Gasteiger partial charge in [-0.2, -0.15) is 0 Å². The maximum absolute atomic E-state index is 14.7. The molecule has 3 aromatic rings. The van der Waals surface area contributed by atoms with Crippen LogP contribution in [0.1, 0.15) is 28.7 Å². The van der Waals surface area contributed by atoms with Gasteiger partial charge in [0.05, 0.1) is 18.4 Å². The Bertz CT molecular complexity index is 1140. The highest BCUT2D eigenvalue weighted by atomic mass is 19.1. The largest absolute Gasteiger partial charge is 0.382 e. The number of nitrogens with one attached hydrogen (secondary N) is 1. The molecule has 2 aromatic heterocycles. The number of carbonyl (C=O) groups is 1. The van der Waals surface area contributed by atoms with Gasteiger partial charge in [0, 0.05) is 23.5 Å². The maximum Gasteiger partial charge on any atom is 0.274 e. The lowest BCUT2D eigenvalue weighted by Crippen LogP contribution is -2.37. The average Bonchev–Trinajstić information content (AvgIpc) is 3.04. The number of anilines is 1. The summed E-state index contributed by atoms with van der Waals surface area (Å²) in [5.41, 5.74) is 5.77. The Labute approximate surface area is 163 Å². The van der Waals surface area contributed by atoms with Crippen molar-refractivity contribution in [1.82, 2.24) is 9.55 Å². The monoisotopic (exact) mass is 399 g/mol. The molecule has 9 heteroatoms. The van der Waals surface area contributed by atoms with Crippen molar-refractivity contribution >= 4 is 17.4 Å². The van der Waals surface area contributed by atoms with Gasteiger partial charge in [-0.1, -0.05) is 0 Å². The predicted molar refractivity (Wildman–Crippen MR) is 101 cm³/mol. The summed E-state index contributed by atoms with van der Waals surface area (Å²) in [5, 5.41) is 2.60. The summed E-state index contributed by atoms with van der Waals surface area (Å²) in [7, 11) is 0. The molecule has 0 spiro atoms. The van der Waals surface area contributed by atoms with E-state index in [-0.39, 0.29) is 23.6 Å². The molecule has 0 unspecified atom stereocenters. The number of amidine groups is 1. The van der Waals surface area contributed by atoms with Crippen molar-refractivity contribution in [3.05, 3.63) is 83.2 Å².